The number of hydrogen-bond donors (Lipinski definition) is 0. The van der Waals surface area contributed by atoms with Gasteiger partial charge in [0, 0.05) is 5.22 Å². The first-order valence-electron chi connectivity index (χ1n) is 6.66. The third-order valence-electron chi connectivity index (χ3n) is 3.62. The molecule has 1 aliphatic heterocycles. The van der Waals surface area contributed by atoms with Crippen LogP contribution in [0.25, 0.3) is 5.57 Å². The quantitative estimate of drug-likeness (QED) is 0.600. The van der Waals surface area contributed by atoms with Crippen molar-refractivity contribution in [1.29, 1.82) is 0 Å². The number of para-hydroxylation sites is 1. The molecule has 0 spiro atoms. The molecule has 1 heterocycles. The molecule has 0 aromatic heterocycles. The predicted octanol–water partition coefficient (Wildman–Crippen LogP) is 2.84. The topological polar surface area (TPSA) is 12.4 Å². The summed E-state index contributed by atoms with van der Waals surface area (Å²) < 4.78 is 0. The number of hydrogen-bond acceptors (Lipinski definition) is 1. The molecular weight excluding hydrogens is 254 g/mol. The molecule has 2 heteroatoms. The highest BCUT2D eigenvalue weighted by Crippen LogP contribution is 2.19. The van der Waals surface area contributed by atoms with E-state index in [2.05, 4.69) is 42.2 Å². The van der Waals surface area contributed by atoms with Crippen molar-refractivity contribution in [3.05, 3.63) is 70.2 Å². The Morgan fingerprint density at radius 3 is 2.42 bits per heavy atom. The Labute approximate surface area is 118 Å². The lowest BCUT2D eigenvalue weighted by Gasteiger charge is -2.07. The van der Waals surface area contributed by atoms with Gasteiger partial charge in [0.25, 0.3) is 0 Å². The van der Waals surface area contributed by atoms with Gasteiger partial charge >= 0.3 is 0 Å². The minimum absolute atomic E-state index is 0.219. The van der Waals surface area contributed by atoms with Crippen LogP contribution >= 0.6 is 11.6 Å². The van der Waals surface area contributed by atoms with Crippen LogP contribution in [-0.2, 0) is 12.8 Å². The van der Waals surface area contributed by atoms with Crippen LogP contribution < -0.4 is 10.6 Å². The van der Waals surface area contributed by atoms with Crippen LogP contribution in [-0.4, -0.2) is 5.50 Å². The fourth-order valence-electron chi connectivity index (χ4n) is 2.48. The van der Waals surface area contributed by atoms with E-state index < -0.39 is 0 Å². The van der Waals surface area contributed by atoms with Gasteiger partial charge in [-0.3, -0.25) is 4.99 Å². The van der Waals surface area contributed by atoms with Crippen molar-refractivity contribution >= 4 is 17.2 Å². The normalized spacial score (nSPS) is 17.2. The van der Waals surface area contributed by atoms with Gasteiger partial charge in [-0.2, -0.15) is 0 Å². The molecule has 0 amide bonds. The van der Waals surface area contributed by atoms with Gasteiger partial charge < -0.3 is 0 Å². The predicted molar refractivity (Wildman–Crippen MR) is 79.8 cm³/mol. The summed E-state index contributed by atoms with van der Waals surface area (Å²) in [5.74, 6) is 0. The van der Waals surface area contributed by atoms with Gasteiger partial charge in [-0.15, -0.1) is 0 Å². The van der Waals surface area contributed by atoms with E-state index in [1.807, 2.05) is 18.2 Å². The van der Waals surface area contributed by atoms with Crippen molar-refractivity contribution in [1.82, 2.24) is 0 Å². The number of halogens is 1. The second-order valence-electron chi connectivity index (χ2n) is 4.85. The van der Waals surface area contributed by atoms with Gasteiger partial charge in [-0.05, 0) is 35.6 Å². The van der Waals surface area contributed by atoms with E-state index in [1.54, 1.807) is 0 Å². The lowest BCUT2D eigenvalue weighted by Crippen LogP contribution is -2.22. The average Bonchev–Trinajstić information content (AvgIpc) is 2.76. The monoisotopic (exact) mass is 269 g/mol. The number of fused-ring (bicyclic) bond motifs is 1. The fraction of sp³-hybridized carbons (Fsp3) is 0.235. The molecule has 0 saturated carbocycles. The van der Waals surface area contributed by atoms with E-state index in [1.165, 1.54) is 21.9 Å². The first kappa shape index (κ1) is 12.4. The summed E-state index contributed by atoms with van der Waals surface area (Å²) >= 11 is 6.35. The van der Waals surface area contributed by atoms with Crippen LogP contribution in [0.5, 0.6) is 0 Å². The highest BCUT2D eigenvalue weighted by Gasteiger charge is 2.16. The summed E-state index contributed by atoms with van der Waals surface area (Å²) in [6.45, 7) is 2.17. The number of rotatable bonds is 3. The second kappa shape index (κ2) is 5.18. The van der Waals surface area contributed by atoms with Gasteiger partial charge in [0.05, 0.1) is 5.36 Å². The first-order valence-corrected chi connectivity index (χ1v) is 7.09. The van der Waals surface area contributed by atoms with Gasteiger partial charge in [-0.25, -0.2) is 0 Å². The molecule has 96 valence electrons. The van der Waals surface area contributed by atoms with E-state index in [-0.39, 0.29) is 5.50 Å². The van der Waals surface area contributed by atoms with E-state index in [0.29, 0.717) is 0 Å². The smallest absolute Gasteiger partial charge is 0.146 e. The zero-order chi connectivity index (χ0) is 13.2. The third-order valence-corrected chi connectivity index (χ3v) is 3.98. The van der Waals surface area contributed by atoms with Crippen LogP contribution in [0, 0.1) is 0 Å². The fourth-order valence-corrected chi connectivity index (χ4v) is 2.78. The van der Waals surface area contributed by atoms with E-state index in [4.69, 9.17) is 11.6 Å². The largest absolute Gasteiger partial charge is 0.261 e. The maximum Gasteiger partial charge on any atom is 0.146 e. The summed E-state index contributed by atoms with van der Waals surface area (Å²) in [5, 5.41) is 2.21. The van der Waals surface area contributed by atoms with Crippen LogP contribution in [0.15, 0.2) is 53.5 Å². The third kappa shape index (κ3) is 2.43. The lowest BCUT2D eigenvalue weighted by atomic mass is 10.0. The number of aryl methyl sites for hydroxylation is 1. The molecular formula is C17H16ClN. The number of benzene rings is 2. The van der Waals surface area contributed by atoms with E-state index >= 15 is 0 Å². The van der Waals surface area contributed by atoms with Crippen LogP contribution in [0.1, 0.15) is 18.1 Å². The van der Waals surface area contributed by atoms with Crippen molar-refractivity contribution in [2.75, 3.05) is 0 Å². The minimum atomic E-state index is -0.219. The van der Waals surface area contributed by atoms with Crippen LogP contribution in [0.4, 0.5) is 0 Å². The number of nitrogens with zero attached hydrogens (tertiary/aromatic N) is 1. The molecule has 0 radical (unpaired) electrons. The molecule has 1 atom stereocenters. The zero-order valence-corrected chi connectivity index (χ0v) is 11.7. The molecule has 0 aliphatic carbocycles. The standard InChI is InChI=1S/C17H16ClN/c1-2-12-7-9-13(10-8-12)11-15-14-5-3-4-6-16(14)19-17(15)18/h3-10,17H,2,11H2,1H3. The highest BCUT2D eigenvalue weighted by molar-refractivity contribution is 6.25. The molecule has 2 aromatic carbocycles. The summed E-state index contributed by atoms with van der Waals surface area (Å²) in [6.07, 6.45) is 1.95. The molecule has 19 heavy (non-hydrogen) atoms. The Kier molecular flexibility index (Phi) is 3.39. The Balaban J connectivity index is 1.97. The first-order chi connectivity index (χ1) is 9.28. The van der Waals surface area contributed by atoms with Gasteiger partial charge in [0.2, 0.25) is 0 Å². The minimum Gasteiger partial charge on any atom is -0.261 e. The lowest BCUT2D eigenvalue weighted by molar-refractivity contribution is 1.07. The van der Waals surface area contributed by atoms with Crippen LogP contribution in [0.2, 0.25) is 0 Å². The molecule has 0 N–H and O–H groups in total. The van der Waals surface area contributed by atoms with E-state index in [9.17, 15) is 0 Å². The molecule has 2 aromatic rings. The number of alkyl halides is 1. The summed E-state index contributed by atoms with van der Waals surface area (Å²) in [4.78, 5) is 4.49. The van der Waals surface area contributed by atoms with Gasteiger partial charge in [0.1, 0.15) is 5.50 Å². The maximum atomic E-state index is 6.35. The molecule has 1 nitrogen and oxygen atoms in total. The Morgan fingerprint density at radius 2 is 1.68 bits per heavy atom. The van der Waals surface area contributed by atoms with Gasteiger partial charge in [0.15, 0.2) is 0 Å². The Bertz CT molecular complexity index is 701. The molecule has 0 bridgehead atoms. The maximum absolute atomic E-state index is 6.35. The summed E-state index contributed by atoms with van der Waals surface area (Å²) in [6, 6.07) is 16.9. The highest BCUT2D eigenvalue weighted by atomic mass is 35.5. The van der Waals surface area contributed by atoms with Crippen molar-refractivity contribution in [2.45, 2.75) is 25.3 Å². The van der Waals surface area contributed by atoms with Crippen molar-refractivity contribution in [3.63, 3.8) is 0 Å². The Hall–Kier alpha value is -1.60. The Morgan fingerprint density at radius 1 is 1.00 bits per heavy atom. The second-order valence-corrected chi connectivity index (χ2v) is 5.27. The molecule has 1 unspecified atom stereocenters. The van der Waals surface area contributed by atoms with Crippen LogP contribution in [0.3, 0.4) is 0 Å². The SMILES string of the molecule is CCc1ccc(CC2=c3ccccc3=NC2Cl)cc1. The van der Waals surface area contributed by atoms with Crippen molar-refractivity contribution < 1.29 is 0 Å². The average molecular weight is 270 g/mol. The van der Waals surface area contributed by atoms with Gasteiger partial charge in [-0.1, -0.05) is 61.0 Å². The summed E-state index contributed by atoms with van der Waals surface area (Å²) in [7, 11) is 0. The molecule has 1 aliphatic rings. The summed E-state index contributed by atoms with van der Waals surface area (Å²) in [5.41, 5.74) is 3.65. The molecule has 0 fully saturated rings. The molecule has 3 rings (SSSR count). The van der Waals surface area contributed by atoms with Crippen molar-refractivity contribution in [2.24, 2.45) is 4.99 Å². The zero-order valence-electron chi connectivity index (χ0n) is 10.9. The molecule has 0 saturated heterocycles. The van der Waals surface area contributed by atoms with E-state index in [0.717, 1.165) is 18.2 Å². The van der Waals surface area contributed by atoms with Crippen molar-refractivity contribution in [3.8, 4) is 0 Å².